The van der Waals surface area contributed by atoms with Gasteiger partial charge in [0.25, 0.3) is 5.91 Å². The number of nitriles is 1. The minimum Gasteiger partial charge on any atom is -0.341 e. The quantitative estimate of drug-likeness (QED) is 0.659. The summed E-state index contributed by atoms with van der Waals surface area (Å²) >= 11 is 11.8. The Morgan fingerprint density at radius 1 is 1.07 bits per heavy atom. The zero-order valence-corrected chi connectivity index (χ0v) is 15.8. The van der Waals surface area contributed by atoms with Crippen LogP contribution in [-0.2, 0) is 0 Å². The maximum Gasteiger partial charge on any atom is 0.252 e. The second kappa shape index (κ2) is 8.17. The van der Waals surface area contributed by atoms with Crippen molar-refractivity contribution >= 4 is 29.1 Å². The van der Waals surface area contributed by atoms with Gasteiger partial charge in [-0.2, -0.15) is 5.26 Å². The minimum absolute atomic E-state index is 0.127. The number of rotatable bonds is 4. The molecule has 0 unspecified atom stereocenters. The highest BCUT2D eigenvalue weighted by molar-refractivity contribution is 6.30. The highest BCUT2D eigenvalue weighted by Gasteiger charge is 2.19. The SMILES string of the molecule is Cc1cc(C(=O)N[C@@H](c2ccc(Cl)cc2)c2cnc(Cl)nc2)ccc1C#N. The molecule has 0 aliphatic heterocycles. The van der Waals surface area contributed by atoms with E-state index in [0.29, 0.717) is 21.7 Å². The van der Waals surface area contributed by atoms with Crippen molar-refractivity contribution in [1.29, 1.82) is 5.26 Å². The van der Waals surface area contributed by atoms with Gasteiger partial charge in [0.2, 0.25) is 5.28 Å². The lowest BCUT2D eigenvalue weighted by Gasteiger charge is -2.19. The molecule has 1 aromatic heterocycles. The molecule has 0 aliphatic carbocycles. The Balaban J connectivity index is 1.94. The van der Waals surface area contributed by atoms with Gasteiger partial charge in [0.05, 0.1) is 17.7 Å². The lowest BCUT2D eigenvalue weighted by molar-refractivity contribution is 0.0943. The predicted molar refractivity (Wildman–Crippen MR) is 104 cm³/mol. The second-order valence-electron chi connectivity index (χ2n) is 5.88. The third kappa shape index (κ3) is 4.43. The lowest BCUT2D eigenvalue weighted by Crippen LogP contribution is -2.29. The average molecular weight is 397 g/mol. The molecule has 0 radical (unpaired) electrons. The number of nitrogens with zero attached hydrogens (tertiary/aromatic N) is 3. The van der Waals surface area contributed by atoms with Crippen molar-refractivity contribution in [2.24, 2.45) is 0 Å². The van der Waals surface area contributed by atoms with Crippen molar-refractivity contribution in [3.05, 3.63) is 93.0 Å². The first kappa shape index (κ1) is 18.8. The normalized spacial score (nSPS) is 11.5. The molecular formula is C20H14Cl2N4O. The van der Waals surface area contributed by atoms with Crippen LogP contribution in [0, 0.1) is 18.3 Å². The number of aromatic nitrogens is 2. The molecule has 0 spiro atoms. The van der Waals surface area contributed by atoms with E-state index in [9.17, 15) is 4.79 Å². The number of carbonyl (C=O) groups excluding carboxylic acids is 1. The number of aryl methyl sites for hydroxylation is 1. The molecule has 3 aromatic rings. The molecule has 1 N–H and O–H groups in total. The molecule has 134 valence electrons. The summed E-state index contributed by atoms with van der Waals surface area (Å²) in [6.45, 7) is 1.79. The monoisotopic (exact) mass is 396 g/mol. The van der Waals surface area contributed by atoms with Crippen LogP contribution in [0.4, 0.5) is 0 Å². The van der Waals surface area contributed by atoms with Gasteiger partial charge in [0.15, 0.2) is 0 Å². The summed E-state index contributed by atoms with van der Waals surface area (Å²) in [4.78, 5) is 20.8. The lowest BCUT2D eigenvalue weighted by atomic mass is 10.00. The Morgan fingerprint density at radius 3 is 2.33 bits per heavy atom. The van der Waals surface area contributed by atoms with Crippen LogP contribution in [0.1, 0.15) is 38.7 Å². The number of benzene rings is 2. The van der Waals surface area contributed by atoms with Crippen LogP contribution in [-0.4, -0.2) is 15.9 Å². The van der Waals surface area contributed by atoms with E-state index in [0.717, 1.165) is 11.1 Å². The Morgan fingerprint density at radius 2 is 1.74 bits per heavy atom. The third-order valence-corrected chi connectivity index (χ3v) is 4.51. The van der Waals surface area contributed by atoms with Gasteiger partial charge in [-0.15, -0.1) is 0 Å². The van der Waals surface area contributed by atoms with Crippen LogP contribution in [0.5, 0.6) is 0 Å². The number of amides is 1. The molecule has 2 aromatic carbocycles. The van der Waals surface area contributed by atoms with E-state index in [1.165, 1.54) is 0 Å². The first-order valence-electron chi connectivity index (χ1n) is 8.02. The van der Waals surface area contributed by atoms with Crippen LogP contribution >= 0.6 is 23.2 Å². The summed E-state index contributed by atoms with van der Waals surface area (Å²) in [5, 5.41) is 12.8. The van der Waals surface area contributed by atoms with Gasteiger partial charge < -0.3 is 5.32 Å². The van der Waals surface area contributed by atoms with Crippen LogP contribution in [0.3, 0.4) is 0 Å². The maximum atomic E-state index is 12.8. The molecule has 27 heavy (non-hydrogen) atoms. The molecule has 1 amide bonds. The fraction of sp³-hybridized carbons (Fsp3) is 0.100. The Kier molecular flexibility index (Phi) is 5.70. The molecule has 1 heterocycles. The zero-order chi connectivity index (χ0) is 19.4. The second-order valence-corrected chi connectivity index (χ2v) is 6.66. The molecule has 0 saturated carbocycles. The maximum absolute atomic E-state index is 12.8. The van der Waals surface area contributed by atoms with E-state index in [1.54, 1.807) is 49.6 Å². The van der Waals surface area contributed by atoms with Gasteiger partial charge >= 0.3 is 0 Å². The highest BCUT2D eigenvalue weighted by Crippen LogP contribution is 2.24. The van der Waals surface area contributed by atoms with E-state index in [4.69, 9.17) is 28.5 Å². The fourth-order valence-electron chi connectivity index (χ4n) is 2.63. The van der Waals surface area contributed by atoms with Crippen molar-refractivity contribution in [3.8, 4) is 6.07 Å². The molecule has 5 nitrogen and oxygen atoms in total. The first-order chi connectivity index (χ1) is 13.0. The third-order valence-electron chi connectivity index (χ3n) is 4.06. The number of hydrogen-bond donors (Lipinski definition) is 1. The van der Waals surface area contributed by atoms with Gasteiger partial charge in [-0.25, -0.2) is 9.97 Å². The van der Waals surface area contributed by atoms with Gasteiger partial charge in [0, 0.05) is 28.5 Å². The van der Waals surface area contributed by atoms with E-state index in [1.807, 2.05) is 12.1 Å². The molecule has 0 fully saturated rings. The minimum atomic E-state index is -0.483. The highest BCUT2D eigenvalue weighted by atomic mass is 35.5. The summed E-state index contributed by atoms with van der Waals surface area (Å²) < 4.78 is 0. The molecular weight excluding hydrogens is 383 g/mol. The summed E-state index contributed by atoms with van der Waals surface area (Å²) in [5.74, 6) is -0.280. The fourth-order valence-corrected chi connectivity index (χ4v) is 2.85. The van der Waals surface area contributed by atoms with Crippen molar-refractivity contribution in [2.45, 2.75) is 13.0 Å². The molecule has 0 saturated heterocycles. The Labute approximate surface area is 166 Å². The average Bonchev–Trinajstić information content (AvgIpc) is 2.67. The van der Waals surface area contributed by atoms with E-state index >= 15 is 0 Å². The summed E-state index contributed by atoms with van der Waals surface area (Å²) in [7, 11) is 0. The van der Waals surface area contributed by atoms with Gasteiger partial charge in [-0.3, -0.25) is 4.79 Å². The standard InChI is InChI=1S/C20H14Cl2N4O/c1-12-8-14(2-3-15(12)9-23)19(27)26-18(13-4-6-17(21)7-5-13)16-10-24-20(22)25-11-16/h2-8,10-11,18H,1H3,(H,26,27)/t18-/m0/s1. The molecule has 3 rings (SSSR count). The molecule has 1 atom stereocenters. The van der Waals surface area contributed by atoms with Crippen LogP contribution < -0.4 is 5.32 Å². The number of carbonyl (C=O) groups is 1. The number of halogens is 2. The number of nitrogens with one attached hydrogen (secondary N) is 1. The van der Waals surface area contributed by atoms with Crippen LogP contribution in [0.15, 0.2) is 54.9 Å². The van der Waals surface area contributed by atoms with Crippen LogP contribution in [0.25, 0.3) is 0 Å². The van der Waals surface area contributed by atoms with Crippen LogP contribution in [0.2, 0.25) is 10.3 Å². The van der Waals surface area contributed by atoms with Gasteiger partial charge in [-0.1, -0.05) is 23.7 Å². The van der Waals surface area contributed by atoms with Crippen molar-refractivity contribution in [2.75, 3.05) is 0 Å². The predicted octanol–water partition coefficient (Wildman–Crippen LogP) is 4.48. The van der Waals surface area contributed by atoms with Gasteiger partial charge in [-0.05, 0) is 60.0 Å². The number of hydrogen-bond acceptors (Lipinski definition) is 4. The Hall–Kier alpha value is -2.94. The molecule has 7 heteroatoms. The van der Waals surface area contributed by atoms with Crippen molar-refractivity contribution in [1.82, 2.24) is 15.3 Å². The Bertz CT molecular complexity index is 966. The zero-order valence-electron chi connectivity index (χ0n) is 14.3. The smallest absolute Gasteiger partial charge is 0.252 e. The van der Waals surface area contributed by atoms with E-state index in [-0.39, 0.29) is 11.2 Å². The summed E-state index contributed by atoms with van der Waals surface area (Å²) in [6.07, 6.45) is 3.14. The largest absolute Gasteiger partial charge is 0.341 e. The van der Waals surface area contributed by atoms with Crippen molar-refractivity contribution < 1.29 is 4.79 Å². The van der Waals surface area contributed by atoms with E-state index < -0.39 is 6.04 Å². The molecule has 0 bridgehead atoms. The summed E-state index contributed by atoms with van der Waals surface area (Å²) in [5.41, 5.74) is 3.24. The molecule has 0 aliphatic rings. The van der Waals surface area contributed by atoms with E-state index in [2.05, 4.69) is 21.4 Å². The van der Waals surface area contributed by atoms with Gasteiger partial charge in [0.1, 0.15) is 0 Å². The van der Waals surface area contributed by atoms with Crippen molar-refractivity contribution in [3.63, 3.8) is 0 Å². The summed E-state index contributed by atoms with van der Waals surface area (Å²) in [6, 6.07) is 13.7. The first-order valence-corrected chi connectivity index (χ1v) is 8.78. The topological polar surface area (TPSA) is 78.7 Å².